The van der Waals surface area contributed by atoms with Gasteiger partial charge in [0.15, 0.2) is 0 Å². The van der Waals surface area contributed by atoms with E-state index in [1.807, 2.05) is 41.5 Å². The minimum Gasteiger partial charge on any atom is -0.381 e. The number of fused-ring (bicyclic) bond motifs is 1. The van der Waals surface area contributed by atoms with E-state index in [1.165, 1.54) is 93.5 Å². The zero-order valence-electron chi connectivity index (χ0n) is 37.6. The fraction of sp³-hybridized carbons (Fsp3) is 0.396. The summed E-state index contributed by atoms with van der Waals surface area (Å²) in [6, 6.07) is 23.5. The van der Waals surface area contributed by atoms with Crippen LogP contribution in [0.25, 0.3) is 34.0 Å². The Hall–Kier alpha value is -4.43. The van der Waals surface area contributed by atoms with Crippen LogP contribution in [0.1, 0.15) is 134 Å². The summed E-state index contributed by atoms with van der Waals surface area (Å²) in [6.45, 7) is 44.6. The third kappa shape index (κ3) is 15.7. The first-order chi connectivity index (χ1) is 26.6. The number of allylic oxidation sites excluding steroid dienone is 2. The molecule has 1 nitrogen and oxygen atoms in total. The predicted octanol–water partition coefficient (Wildman–Crippen LogP) is 17.1. The quantitative estimate of drug-likeness (QED) is 0.168. The van der Waals surface area contributed by atoms with Gasteiger partial charge in [-0.1, -0.05) is 174 Å². The van der Waals surface area contributed by atoms with Gasteiger partial charge in [0, 0.05) is 17.8 Å². The van der Waals surface area contributed by atoms with Crippen LogP contribution in [0.15, 0.2) is 111 Å². The van der Waals surface area contributed by atoms with E-state index < -0.39 is 0 Å². The first kappa shape index (κ1) is 52.7. The summed E-state index contributed by atoms with van der Waals surface area (Å²) >= 11 is 0. The molecule has 0 fully saturated rings. The molecule has 0 aromatic heterocycles. The van der Waals surface area contributed by atoms with Crippen molar-refractivity contribution in [2.24, 2.45) is 11.8 Å². The van der Waals surface area contributed by atoms with E-state index >= 15 is 0 Å². The highest BCUT2D eigenvalue weighted by Gasteiger charge is 2.27. The second kappa shape index (κ2) is 30.8. The maximum absolute atomic E-state index is 12.2. The maximum Gasteiger partial charge on any atom is 0.123 e. The monoisotopic (exact) mass is 748 g/mol. The van der Waals surface area contributed by atoms with E-state index in [2.05, 4.69) is 148 Å². The van der Waals surface area contributed by atoms with E-state index in [-0.39, 0.29) is 5.82 Å². The lowest BCUT2D eigenvalue weighted by molar-refractivity contribution is 0.350. The number of rotatable bonds is 9. The van der Waals surface area contributed by atoms with Crippen molar-refractivity contribution < 1.29 is 4.39 Å². The van der Waals surface area contributed by atoms with Crippen molar-refractivity contribution in [3.8, 4) is 22.3 Å². The Balaban J connectivity index is 0. The second-order valence-corrected chi connectivity index (χ2v) is 12.6. The largest absolute Gasteiger partial charge is 0.381 e. The molecule has 1 unspecified atom stereocenters. The summed E-state index contributed by atoms with van der Waals surface area (Å²) in [5, 5.41) is 3.50. The molecule has 0 spiro atoms. The van der Waals surface area contributed by atoms with Gasteiger partial charge >= 0.3 is 0 Å². The minimum atomic E-state index is -0.208. The van der Waals surface area contributed by atoms with Gasteiger partial charge in [-0.05, 0) is 121 Å². The fourth-order valence-corrected chi connectivity index (χ4v) is 6.83. The molecule has 0 saturated carbocycles. The Morgan fingerprint density at radius 3 is 1.56 bits per heavy atom. The van der Waals surface area contributed by atoms with E-state index in [0.29, 0.717) is 0 Å². The number of hydrogen-bond donors (Lipinski definition) is 1. The molecule has 0 aliphatic carbocycles. The van der Waals surface area contributed by atoms with E-state index in [1.54, 1.807) is 18.2 Å². The Kier molecular flexibility index (Phi) is 29.5. The molecule has 4 aromatic carbocycles. The van der Waals surface area contributed by atoms with Gasteiger partial charge in [0.1, 0.15) is 5.82 Å². The maximum atomic E-state index is 12.2. The molecule has 2 heteroatoms. The van der Waals surface area contributed by atoms with Gasteiger partial charge in [0.2, 0.25) is 0 Å². The van der Waals surface area contributed by atoms with Gasteiger partial charge < -0.3 is 5.32 Å². The lowest BCUT2D eigenvalue weighted by Gasteiger charge is -2.22. The number of nitrogens with one attached hydrogen (secondary N) is 1. The third-order valence-electron chi connectivity index (χ3n) is 9.60. The molecule has 302 valence electrons. The standard InChI is InChI=1S/C25H25N.C12H24.C8H7F.3C2H6.C2H4/c1-15-10-6-8-12-20(15)23-17(3)18(4)24(21-13-9-7-11-16(21)2)25-19(5)26-14-22(23)25;1-5-9-12(10-6-2)11(7-3)8-4;1-2-7-3-5-8(9)6-4-7;4*1-2/h6-13,26H,5,14H2,1-4H3;5,9,11-12H,6-8,10H2,1-4H3;2-6H,1H2;3*1-2H3;1-2H2. The Morgan fingerprint density at radius 2 is 1.15 bits per heavy atom. The molecular formula is C53H78FN. The van der Waals surface area contributed by atoms with Gasteiger partial charge in [-0.3, -0.25) is 0 Å². The molecule has 1 aliphatic rings. The average Bonchev–Trinajstić information content (AvgIpc) is 3.61. The van der Waals surface area contributed by atoms with Crippen molar-refractivity contribution >= 4 is 11.8 Å². The van der Waals surface area contributed by atoms with Crippen LogP contribution >= 0.6 is 0 Å². The molecule has 0 saturated heterocycles. The van der Waals surface area contributed by atoms with Crippen LogP contribution < -0.4 is 5.32 Å². The molecule has 55 heavy (non-hydrogen) atoms. The highest BCUT2D eigenvalue weighted by Crippen LogP contribution is 2.45. The van der Waals surface area contributed by atoms with Crippen LogP contribution in [0.3, 0.4) is 0 Å². The zero-order chi connectivity index (χ0) is 42.5. The molecule has 0 amide bonds. The summed E-state index contributed by atoms with van der Waals surface area (Å²) < 4.78 is 12.2. The van der Waals surface area contributed by atoms with Crippen LogP contribution in [0.5, 0.6) is 0 Å². The third-order valence-corrected chi connectivity index (χ3v) is 9.60. The van der Waals surface area contributed by atoms with Crippen molar-refractivity contribution in [1.82, 2.24) is 5.32 Å². The van der Waals surface area contributed by atoms with Crippen molar-refractivity contribution in [3.63, 3.8) is 0 Å². The fourth-order valence-electron chi connectivity index (χ4n) is 6.83. The molecule has 0 radical (unpaired) electrons. The SMILES string of the molecule is C=C.C=C1NCc2c1c(-c1ccccc1C)c(C)c(C)c2-c1ccccc1C.C=Cc1ccc(F)cc1.CC.CC.CC.CC=CC(CCC)C(CC)CC. The average molecular weight is 748 g/mol. The van der Waals surface area contributed by atoms with Crippen LogP contribution in [-0.4, -0.2) is 0 Å². The van der Waals surface area contributed by atoms with Gasteiger partial charge in [-0.15, -0.1) is 13.2 Å². The lowest BCUT2D eigenvalue weighted by atomic mass is 9.81. The summed E-state index contributed by atoms with van der Waals surface area (Å²) in [5.41, 5.74) is 15.3. The topological polar surface area (TPSA) is 12.0 Å². The zero-order valence-corrected chi connectivity index (χ0v) is 37.6. The summed E-state index contributed by atoms with van der Waals surface area (Å²) in [4.78, 5) is 0. The number of halogens is 1. The molecule has 1 aliphatic heterocycles. The van der Waals surface area contributed by atoms with Crippen molar-refractivity contribution in [2.75, 3.05) is 0 Å². The molecule has 0 bridgehead atoms. The highest BCUT2D eigenvalue weighted by molar-refractivity contribution is 5.93. The van der Waals surface area contributed by atoms with Crippen LogP contribution in [-0.2, 0) is 6.54 Å². The van der Waals surface area contributed by atoms with Gasteiger partial charge in [0.25, 0.3) is 0 Å². The molecule has 1 heterocycles. The van der Waals surface area contributed by atoms with Crippen molar-refractivity contribution in [1.29, 1.82) is 0 Å². The van der Waals surface area contributed by atoms with Crippen LogP contribution in [0.2, 0.25) is 0 Å². The van der Waals surface area contributed by atoms with Crippen molar-refractivity contribution in [3.05, 3.63) is 156 Å². The molecule has 1 atom stereocenters. The molecule has 4 aromatic rings. The Labute approximate surface area is 339 Å². The van der Waals surface area contributed by atoms with Gasteiger partial charge in [-0.2, -0.15) is 0 Å². The first-order valence-corrected chi connectivity index (χ1v) is 20.8. The highest BCUT2D eigenvalue weighted by atomic mass is 19.1. The van der Waals surface area contributed by atoms with E-state index in [9.17, 15) is 4.39 Å². The first-order valence-electron chi connectivity index (χ1n) is 20.8. The van der Waals surface area contributed by atoms with Crippen molar-refractivity contribution in [2.45, 2.75) is 129 Å². The van der Waals surface area contributed by atoms with Gasteiger partial charge in [0.05, 0.1) is 0 Å². The van der Waals surface area contributed by atoms with E-state index in [4.69, 9.17) is 0 Å². The Bertz CT molecular complexity index is 1670. The molecule has 5 rings (SSSR count). The normalized spacial score (nSPS) is 11.1. The van der Waals surface area contributed by atoms with Crippen LogP contribution in [0, 0.1) is 45.3 Å². The van der Waals surface area contributed by atoms with Crippen LogP contribution in [0.4, 0.5) is 4.39 Å². The minimum absolute atomic E-state index is 0.208. The summed E-state index contributed by atoms with van der Waals surface area (Å²) in [7, 11) is 0. The predicted molar refractivity (Wildman–Crippen MR) is 251 cm³/mol. The van der Waals surface area contributed by atoms with Gasteiger partial charge in [-0.25, -0.2) is 4.39 Å². The molecular weight excluding hydrogens is 670 g/mol. The number of aryl methyl sites for hydroxylation is 2. The molecule has 1 N–H and O–H groups in total. The second-order valence-electron chi connectivity index (χ2n) is 12.6. The lowest BCUT2D eigenvalue weighted by Crippen LogP contribution is -2.10. The number of benzene rings is 4. The number of hydrogen-bond acceptors (Lipinski definition) is 1. The Morgan fingerprint density at radius 1 is 0.691 bits per heavy atom. The van der Waals surface area contributed by atoms with E-state index in [0.717, 1.165) is 29.6 Å². The summed E-state index contributed by atoms with van der Waals surface area (Å²) in [5.74, 6) is 1.52. The summed E-state index contributed by atoms with van der Waals surface area (Å²) in [6.07, 6.45) is 11.6. The smallest absolute Gasteiger partial charge is 0.123 e.